The predicted molar refractivity (Wildman–Crippen MR) is 267 cm³/mol. The molecule has 9 rings (SSSR count). The Labute approximate surface area is 391 Å². The summed E-state index contributed by atoms with van der Waals surface area (Å²) in [6.07, 6.45) is 4.25. The summed E-state index contributed by atoms with van der Waals surface area (Å²) in [6, 6.07) is 64.0. The third kappa shape index (κ3) is 8.27. The molecule has 0 amide bonds. The van der Waals surface area contributed by atoms with Gasteiger partial charge in [0.1, 0.15) is 13.9 Å². The largest absolute Gasteiger partial charge is 0.358 e. The molecule has 0 fully saturated rings. The molecule has 3 heterocycles. The molecule has 0 radical (unpaired) electrons. The molecule has 6 heteroatoms. The number of anilines is 2. The summed E-state index contributed by atoms with van der Waals surface area (Å²) in [5.74, 6) is 0.880. The van der Waals surface area contributed by atoms with Crippen LogP contribution in [0.25, 0.3) is 27.6 Å². The van der Waals surface area contributed by atoms with Crippen molar-refractivity contribution < 1.29 is 21.1 Å². The topological polar surface area (TPSA) is 24.3 Å². The molecule has 63 heavy (non-hydrogen) atoms. The first-order valence-corrected chi connectivity index (χ1v) is 23.6. The molecular formula is C57H59N4PtSi-3. The molecule has 4 nitrogen and oxygen atoms in total. The standard InChI is InChI=1S/C56H56N4Si.CH3.Pt/c1-54(2,3)40-33-41(55(4,5)6)35-43(34-40)58-38-52(56(7,8)9)59(39-58)42-21-20-26-46(36-42)61(44-22-12-10-13-23-44,45-24-14-11-15-25-45)47-30-31-49-48-27-16-17-28-50(48)60(51(49)37-47)53-29-18-19-32-57-53;;/h10-35,38H,39H2,1-9H3;1H3;/q-2;-1;. The van der Waals surface area contributed by atoms with E-state index in [9.17, 15) is 0 Å². The zero-order chi connectivity index (χ0) is 42.7. The smallest absolute Gasteiger partial charge is 0.135 e. The van der Waals surface area contributed by atoms with Gasteiger partial charge in [0.25, 0.3) is 0 Å². The van der Waals surface area contributed by atoms with Gasteiger partial charge in [-0.15, -0.1) is 11.5 Å². The van der Waals surface area contributed by atoms with Gasteiger partial charge in [-0.25, -0.2) is 4.98 Å². The Hall–Kier alpha value is -5.48. The van der Waals surface area contributed by atoms with Gasteiger partial charge in [-0.2, -0.15) is 46.8 Å². The van der Waals surface area contributed by atoms with Crippen LogP contribution in [-0.2, 0) is 31.9 Å². The Bertz CT molecular complexity index is 2830. The van der Waals surface area contributed by atoms with Crippen molar-refractivity contribution in [3.8, 4) is 5.82 Å². The number of rotatable bonds is 7. The molecule has 0 unspecified atom stereocenters. The minimum atomic E-state index is -3.08. The molecule has 2 aromatic heterocycles. The van der Waals surface area contributed by atoms with Gasteiger partial charge in [0.15, 0.2) is 0 Å². The monoisotopic (exact) mass is 1020 g/mol. The minimum Gasteiger partial charge on any atom is -0.358 e. The molecule has 0 aliphatic carbocycles. The fraction of sp³-hybridized carbons (Fsp3) is 0.228. The van der Waals surface area contributed by atoms with Gasteiger partial charge in [0.05, 0.1) is 6.67 Å². The van der Waals surface area contributed by atoms with Crippen LogP contribution in [0.5, 0.6) is 0 Å². The van der Waals surface area contributed by atoms with Crippen LogP contribution in [0.3, 0.4) is 0 Å². The van der Waals surface area contributed by atoms with E-state index in [0.717, 1.165) is 27.9 Å². The van der Waals surface area contributed by atoms with Crippen molar-refractivity contribution in [3.63, 3.8) is 0 Å². The van der Waals surface area contributed by atoms with Gasteiger partial charge in [-0.05, 0) is 68.0 Å². The number of nitrogens with zero attached hydrogens (tertiary/aromatic N) is 4. The summed E-state index contributed by atoms with van der Waals surface area (Å²) >= 11 is 0. The zero-order valence-electron chi connectivity index (χ0n) is 38.4. The van der Waals surface area contributed by atoms with Crippen molar-refractivity contribution in [1.29, 1.82) is 0 Å². The molecule has 6 aromatic carbocycles. The zero-order valence-corrected chi connectivity index (χ0v) is 41.7. The number of hydrogen-bond donors (Lipinski definition) is 0. The maximum atomic E-state index is 4.86. The Kier molecular flexibility index (Phi) is 12.5. The molecule has 324 valence electrons. The molecule has 1 aliphatic rings. The van der Waals surface area contributed by atoms with Crippen molar-refractivity contribution in [2.75, 3.05) is 16.5 Å². The number of allylic oxidation sites excluding steroid dienone is 1. The van der Waals surface area contributed by atoms with Crippen molar-refractivity contribution in [3.05, 3.63) is 200 Å². The molecule has 1 aliphatic heterocycles. The van der Waals surface area contributed by atoms with Crippen molar-refractivity contribution in [1.82, 2.24) is 9.55 Å². The van der Waals surface area contributed by atoms with Crippen LogP contribution in [0, 0.1) is 25.0 Å². The summed E-state index contributed by atoms with van der Waals surface area (Å²) in [5, 5.41) is 7.29. The summed E-state index contributed by atoms with van der Waals surface area (Å²) in [5.41, 5.74) is 8.31. The Morgan fingerprint density at radius 2 is 1.14 bits per heavy atom. The van der Waals surface area contributed by atoms with E-state index in [1.165, 1.54) is 48.6 Å². The second kappa shape index (κ2) is 17.2. The van der Waals surface area contributed by atoms with E-state index in [2.05, 4.69) is 241 Å². The maximum absolute atomic E-state index is 4.86. The van der Waals surface area contributed by atoms with Crippen LogP contribution in [0.4, 0.5) is 11.4 Å². The molecule has 0 N–H and O–H groups in total. The van der Waals surface area contributed by atoms with Crippen molar-refractivity contribution in [2.24, 2.45) is 5.41 Å². The Morgan fingerprint density at radius 1 is 0.556 bits per heavy atom. The normalized spacial score (nSPS) is 13.5. The van der Waals surface area contributed by atoms with Gasteiger partial charge >= 0.3 is 0 Å². The molecule has 0 saturated carbocycles. The fourth-order valence-electron chi connectivity index (χ4n) is 9.07. The van der Waals surface area contributed by atoms with Gasteiger partial charge in [-0.3, -0.25) is 0 Å². The van der Waals surface area contributed by atoms with Gasteiger partial charge in [-0.1, -0.05) is 165 Å². The molecule has 0 atom stereocenters. The number of para-hydroxylation sites is 1. The van der Waals surface area contributed by atoms with Crippen LogP contribution in [0.1, 0.15) is 73.4 Å². The second-order valence-corrected chi connectivity index (χ2v) is 23.4. The number of hydrogen-bond acceptors (Lipinski definition) is 3. The van der Waals surface area contributed by atoms with E-state index in [0.29, 0.717) is 6.67 Å². The van der Waals surface area contributed by atoms with E-state index >= 15 is 0 Å². The van der Waals surface area contributed by atoms with Gasteiger partial charge in [0, 0.05) is 55.8 Å². The number of aromatic nitrogens is 2. The Balaban J connectivity index is 0.00000298. The fourth-order valence-corrected chi connectivity index (χ4v) is 13.6. The van der Waals surface area contributed by atoms with E-state index in [1.807, 2.05) is 12.3 Å². The summed E-state index contributed by atoms with van der Waals surface area (Å²) in [7, 11) is -3.08. The molecule has 8 aromatic rings. The van der Waals surface area contributed by atoms with Crippen LogP contribution in [0.2, 0.25) is 0 Å². The van der Waals surface area contributed by atoms with Gasteiger partial charge < -0.3 is 21.8 Å². The van der Waals surface area contributed by atoms with E-state index in [1.54, 1.807) is 0 Å². The number of pyridine rings is 1. The van der Waals surface area contributed by atoms with Crippen LogP contribution < -0.4 is 30.5 Å². The number of fused-ring (bicyclic) bond motifs is 3. The third-order valence-corrected chi connectivity index (χ3v) is 17.0. The summed E-state index contributed by atoms with van der Waals surface area (Å²) in [6.45, 7) is 21.5. The molecular weight excluding hydrogens is 964 g/mol. The van der Waals surface area contributed by atoms with Crippen LogP contribution in [0.15, 0.2) is 170 Å². The predicted octanol–water partition coefficient (Wildman–Crippen LogP) is 11.4. The first-order valence-electron chi connectivity index (χ1n) is 21.6. The molecule has 0 bridgehead atoms. The first kappa shape index (κ1) is 45.5. The van der Waals surface area contributed by atoms with Crippen LogP contribution >= 0.6 is 0 Å². The van der Waals surface area contributed by atoms with Crippen molar-refractivity contribution >= 4 is 62.0 Å². The third-order valence-electron chi connectivity index (χ3n) is 12.4. The SMILES string of the molecule is CC(C)(C)C1=CN(c2cc(C(C)(C)C)cc(C(C)(C)C)c2)CN1c1[c-]c([Si](c2[c-]c3c(cc2)c2ccccc2n3-c2ccccn2)(c2ccccc2)c2ccccc2)ccc1.[CH3-].[Pt]. The van der Waals surface area contributed by atoms with E-state index in [4.69, 9.17) is 4.98 Å². The second-order valence-electron chi connectivity index (χ2n) is 19.7. The minimum absolute atomic E-state index is 0. The maximum Gasteiger partial charge on any atom is 0.135 e. The molecule has 0 spiro atoms. The Morgan fingerprint density at radius 3 is 1.73 bits per heavy atom. The van der Waals surface area contributed by atoms with E-state index in [-0.39, 0.29) is 44.7 Å². The summed E-state index contributed by atoms with van der Waals surface area (Å²) < 4.78 is 2.28. The van der Waals surface area contributed by atoms with E-state index < -0.39 is 8.07 Å². The average Bonchev–Trinajstić information content (AvgIpc) is 3.86. The first-order chi connectivity index (χ1) is 29.1. The van der Waals surface area contributed by atoms with Crippen LogP contribution in [-0.4, -0.2) is 24.3 Å². The molecule has 0 saturated heterocycles. The number of benzene rings is 6. The average molecular weight is 1020 g/mol. The van der Waals surface area contributed by atoms with Crippen molar-refractivity contribution in [2.45, 2.75) is 73.1 Å². The van der Waals surface area contributed by atoms with Gasteiger partial charge in [0.2, 0.25) is 0 Å². The quantitative estimate of drug-likeness (QED) is 0.0903. The summed E-state index contributed by atoms with van der Waals surface area (Å²) in [4.78, 5) is 9.80.